The number of aryl methyl sites for hydroxylation is 1. The second kappa shape index (κ2) is 7.95. The standard InChI is InChI=1S/C16H14ClN3O3/c1-11-4-2-6-13(8-11)19-15(21)10-18-23-16(22)20-14-7-3-5-12(17)9-14/h2-10H,1H3,(H,19,21)(H,20,22)/b18-10-. The van der Waals surface area contributed by atoms with Gasteiger partial charge in [0.25, 0.3) is 5.91 Å². The molecule has 2 N–H and O–H groups in total. The average molecular weight is 332 g/mol. The molecule has 118 valence electrons. The number of hydrogen-bond donors (Lipinski definition) is 2. The molecule has 0 spiro atoms. The van der Waals surface area contributed by atoms with Gasteiger partial charge in [-0.15, -0.1) is 0 Å². The van der Waals surface area contributed by atoms with Gasteiger partial charge in [0.15, 0.2) is 0 Å². The molecule has 0 saturated heterocycles. The molecular weight excluding hydrogens is 318 g/mol. The van der Waals surface area contributed by atoms with Crippen LogP contribution >= 0.6 is 11.6 Å². The predicted octanol–water partition coefficient (Wildman–Crippen LogP) is 3.82. The molecule has 0 fully saturated rings. The molecule has 0 aromatic heterocycles. The van der Waals surface area contributed by atoms with Crippen molar-refractivity contribution in [1.82, 2.24) is 0 Å². The first kappa shape index (κ1) is 16.5. The van der Waals surface area contributed by atoms with E-state index in [0.29, 0.717) is 16.4 Å². The Morgan fingerprint density at radius 1 is 1.09 bits per heavy atom. The molecule has 0 radical (unpaired) electrons. The van der Waals surface area contributed by atoms with Crippen LogP contribution in [-0.2, 0) is 9.63 Å². The normalized spacial score (nSPS) is 10.3. The Kier molecular flexibility index (Phi) is 5.71. The first-order chi connectivity index (χ1) is 11.0. The fourth-order valence-electron chi connectivity index (χ4n) is 1.73. The van der Waals surface area contributed by atoms with Gasteiger partial charge in [-0.2, -0.15) is 0 Å². The Hall–Kier alpha value is -2.86. The molecule has 7 heteroatoms. The number of nitrogens with one attached hydrogen (secondary N) is 2. The third-order valence-electron chi connectivity index (χ3n) is 2.66. The highest BCUT2D eigenvalue weighted by Crippen LogP contribution is 2.15. The lowest BCUT2D eigenvalue weighted by molar-refractivity contribution is -0.110. The topological polar surface area (TPSA) is 79.8 Å². The molecule has 2 aromatic carbocycles. The zero-order chi connectivity index (χ0) is 16.7. The van der Waals surface area contributed by atoms with E-state index in [4.69, 9.17) is 11.6 Å². The first-order valence-electron chi connectivity index (χ1n) is 6.67. The smallest absolute Gasteiger partial charge is 0.321 e. The van der Waals surface area contributed by atoms with Crippen LogP contribution in [0.25, 0.3) is 0 Å². The van der Waals surface area contributed by atoms with Crippen LogP contribution in [0.3, 0.4) is 0 Å². The highest BCUT2D eigenvalue weighted by Gasteiger charge is 2.04. The van der Waals surface area contributed by atoms with Crippen molar-refractivity contribution in [3.63, 3.8) is 0 Å². The molecule has 0 aliphatic heterocycles. The lowest BCUT2D eigenvalue weighted by atomic mass is 10.2. The third kappa shape index (κ3) is 5.80. The number of carbonyl (C=O) groups is 2. The molecule has 0 unspecified atom stereocenters. The maximum absolute atomic E-state index is 11.6. The van der Waals surface area contributed by atoms with Crippen LogP contribution in [0.2, 0.25) is 5.02 Å². The molecule has 0 atom stereocenters. The highest BCUT2D eigenvalue weighted by atomic mass is 35.5. The van der Waals surface area contributed by atoms with Gasteiger partial charge in [0.2, 0.25) is 0 Å². The summed E-state index contributed by atoms with van der Waals surface area (Å²) in [5.41, 5.74) is 2.10. The SMILES string of the molecule is Cc1cccc(NC(=O)/C=N\OC(=O)Nc2cccc(Cl)c2)c1. The Labute approximate surface area is 138 Å². The zero-order valence-corrected chi connectivity index (χ0v) is 13.0. The number of benzene rings is 2. The number of carbonyl (C=O) groups excluding carboxylic acids is 2. The van der Waals surface area contributed by atoms with Crippen LogP contribution in [-0.4, -0.2) is 18.2 Å². The molecule has 0 aliphatic rings. The molecule has 2 aromatic rings. The summed E-state index contributed by atoms with van der Waals surface area (Å²) in [5.74, 6) is -0.508. The Morgan fingerprint density at radius 3 is 2.48 bits per heavy atom. The molecule has 0 heterocycles. The largest absolute Gasteiger partial charge is 0.437 e. The quantitative estimate of drug-likeness (QED) is 0.507. The van der Waals surface area contributed by atoms with E-state index < -0.39 is 12.0 Å². The second-order valence-corrected chi connectivity index (χ2v) is 5.04. The molecule has 2 rings (SSSR count). The second-order valence-electron chi connectivity index (χ2n) is 4.61. The lowest BCUT2D eigenvalue weighted by Gasteiger charge is -2.03. The zero-order valence-electron chi connectivity index (χ0n) is 12.2. The van der Waals surface area contributed by atoms with Crippen LogP contribution in [0.1, 0.15) is 5.56 Å². The van der Waals surface area contributed by atoms with Crippen molar-refractivity contribution in [2.75, 3.05) is 10.6 Å². The first-order valence-corrected chi connectivity index (χ1v) is 7.05. The van der Waals surface area contributed by atoms with E-state index in [1.54, 1.807) is 36.4 Å². The van der Waals surface area contributed by atoms with E-state index in [-0.39, 0.29) is 0 Å². The summed E-state index contributed by atoms with van der Waals surface area (Å²) >= 11 is 5.79. The van der Waals surface area contributed by atoms with E-state index in [9.17, 15) is 9.59 Å². The van der Waals surface area contributed by atoms with Crippen molar-refractivity contribution in [1.29, 1.82) is 0 Å². The molecule has 2 amide bonds. The van der Waals surface area contributed by atoms with Gasteiger partial charge in [0.1, 0.15) is 6.21 Å². The summed E-state index contributed by atoms with van der Waals surface area (Å²) < 4.78 is 0. The third-order valence-corrected chi connectivity index (χ3v) is 2.90. The molecule has 0 bridgehead atoms. The van der Waals surface area contributed by atoms with Crippen molar-refractivity contribution < 1.29 is 14.4 Å². The van der Waals surface area contributed by atoms with Crippen molar-refractivity contribution in [2.24, 2.45) is 5.16 Å². The summed E-state index contributed by atoms with van der Waals surface area (Å²) in [6, 6.07) is 13.8. The monoisotopic (exact) mass is 331 g/mol. The summed E-state index contributed by atoms with van der Waals surface area (Å²) in [6.45, 7) is 1.91. The highest BCUT2D eigenvalue weighted by molar-refractivity contribution is 6.31. The lowest BCUT2D eigenvalue weighted by Crippen LogP contribution is -2.15. The number of amides is 2. The summed E-state index contributed by atoms with van der Waals surface area (Å²) in [6.07, 6.45) is 0.0479. The van der Waals surface area contributed by atoms with Gasteiger partial charge in [0, 0.05) is 16.4 Å². The van der Waals surface area contributed by atoms with Gasteiger partial charge in [0.05, 0.1) is 0 Å². The number of nitrogens with zero attached hydrogens (tertiary/aromatic N) is 1. The summed E-state index contributed by atoms with van der Waals surface area (Å²) in [7, 11) is 0. The predicted molar refractivity (Wildman–Crippen MR) is 89.9 cm³/mol. The number of hydrogen-bond acceptors (Lipinski definition) is 4. The molecule has 0 aliphatic carbocycles. The van der Waals surface area contributed by atoms with E-state index >= 15 is 0 Å². The van der Waals surface area contributed by atoms with E-state index in [0.717, 1.165) is 11.8 Å². The van der Waals surface area contributed by atoms with Gasteiger partial charge < -0.3 is 5.32 Å². The van der Waals surface area contributed by atoms with Crippen LogP contribution in [0.15, 0.2) is 53.7 Å². The number of oxime groups is 1. The van der Waals surface area contributed by atoms with E-state index in [1.807, 2.05) is 19.1 Å². The maximum atomic E-state index is 11.6. The summed E-state index contributed by atoms with van der Waals surface area (Å²) in [5, 5.41) is 8.82. The molecule has 23 heavy (non-hydrogen) atoms. The minimum Gasteiger partial charge on any atom is -0.321 e. The van der Waals surface area contributed by atoms with Crippen molar-refractivity contribution in [3.8, 4) is 0 Å². The van der Waals surface area contributed by atoms with Crippen LogP contribution < -0.4 is 10.6 Å². The molecule has 6 nitrogen and oxygen atoms in total. The number of rotatable bonds is 4. The Morgan fingerprint density at radius 2 is 1.78 bits per heavy atom. The minimum atomic E-state index is -0.827. The van der Waals surface area contributed by atoms with Gasteiger partial charge in [-0.25, -0.2) is 4.79 Å². The van der Waals surface area contributed by atoms with Crippen molar-refractivity contribution in [3.05, 3.63) is 59.1 Å². The summed E-state index contributed by atoms with van der Waals surface area (Å²) in [4.78, 5) is 27.6. The minimum absolute atomic E-state index is 0.460. The van der Waals surface area contributed by atoms with E-state index in [1.165, 1.54) is 0 Å². The van der Waals surface area contributed by atoms with Crippen molar-refractivity contribution >= 4 is 41.2 Å². The fourth-order valence-corrected chi connectivity index (χ4v) is 1.92. The van der Waals surface area contributed by atoms with Crippen molar-refractivity contribution in [2.45, 2.75) is 6.92 Å². The maximum Gasteiger partial charge on any atom is 0.437 e. The van der Waals surface area contributed by atoms with Gasteiger partial charge in [-0.05, 0) is 42.8 Å². The number of halogens is 1. The van der Waals surface area contributed by atoms with Gasteiger partial charge in [-0.1, -0.05) is 35.0 Å². The van der Waals surface area contributed by atoms with Crippen LogP contribution in [0.4, 0.5) is 16.2 Å². The van der Waals surface area contributed by atoms with Gasteiger partial charge >= 0.3 is 6.09 Å². The Bertz CT molecular complexity index is 747. The van der Waals surface area contributed by atoms with Crippen LogP contribution in [0.5, 0.6) is 0 Å². The average Bonchev–Trinajstić information content (AvgIpc) is 2.47. The number of anilines is 2. The van der Waals surface area contributed by atoms with Crippen LogP contribution in [0, 0.1) is 6.92 Å². The molecule has 0 saturated carbocycles. The van der Waals surface area contributed by atoms with E-state index in [2.05, 4.69) is 20.6 Å². The Balaban J connectivity index is 1.81. The van der Waals surface area contributed by atoms with Gasteiger partial charge in [-0.3, -0.25) is 14.9 Å². The molecular formula is C16H14ClN3O3. The fraction of sp³-hybridized carbons (Fsp3) is 0.0625.